The molecule has 0 saturated carbocycles. The smallest absolute Gasteiger partial charge is 0.250 e. The second-order valence-electron chi connectivity index (χ2n) is 4.17. The highest BCUT2D eigenvalue weighted by Crippen LogP contribution is 2.16. The van der Waals surface area contributed by atoms with E-state index in [4.69, 9.17) is 17.3 Å². The standard InChI is InChI=1S/C12H14ClN5O/c1-7-9(12(14)19)3-8(4-15-7)16-5-10-11(13)18(2)6-17-10/h3-4,6,16H,5H2,1-2H3,(H2,14,19). The molecule has 0 aliphatic rings. The van der Waals surface area contributed by atoms with Crippen LogP contribution in [0.5, 0.6) is 0 Å². The summed E-state index contributed by atoms with van der Waals surface area (Å²) in [6, 6.07) is 1.67. The van der Waals surface area contributed by atoms with Crippen LogP contribution in [0.3, 0.4) is 0 Å². The van der Waals surface area contributed by atoms with Crippen molar-refractivity contribution in [2.75, 3.05) is 5.32 Å². The molecular formula is C12H14ClN5O. The van der Waals surface area contributed by atoms with E-state index >= 15 is 0 Å². The van der Waals surface area contributed by atoms with Gasteiger partial charge in [-0.3, -0.25) is 9.78 Å². The number of imidazole rings is 1. The summed E-state index contributed by atoms with van der Waals surface area (Å²) in [7, 11) is 1.82. The van der Waals surface area contributed by atoms with Gasteiger partial charge in [-0.1, -0.05) is 11.6 Å². The van der Waals surface area contributed by atoms with Crippen molar-refractivity contribution in [1.82, 2.24) is 14.5 Å². The molecule has 2 rings (SSSR count). The third kappa shape index (κ3) is 2.85. The largest absolute Gasteiger partial charge is 0.378 e. The van der Waals surface area contributed by atoms with Crippen LogP contribution in [0.1, 0.15) is 21.7 Å². The number of rotatable bonds is 4. The Morgan fingerprint density at radius 2 is 2.26 bits per heavy atom. The first-order valence-electron chi connectivity index (χ1n) is 5.65. The zero-order valence-corrected chi connectivity index (χ0v) is 11.4. The molecule has 0 unspecified atom stereocenters. The fourth-order valence-corrected chi connectivity index (χ4v) is 1.81. The highest BCUT2D eigenvalue weighted by molar-refractivity contribution is 6.30. The number of nitrogens with zero attached hydrogens (tertiary/aromatic N) is 3. The molecule has 0 atom stereocenters. The molecule has 0 saturated heterocycles. The van der Waals surface area contributed by atoms with Crippen molar-refractivity contribution in [1.29, 1.82) is 0 Å². The van der Waals surface area contributed by atoms with E-state index in [2.05, 4.69) is 15.3 Å². The van der Waals surface area contributed by atoms with Crippen molar-refractivity contribution in [3.8, 4) is 0 Å². The first kappa shape index (κ1) is 13.4. The molecule has 100 valence electrons. The molecule has 7 heteroatoms. The Bertz CT molecular complexity index is 623. The summed E-state index contributed by atoms with van der Waals surface area (Å²) in [6.45, 7) is 2.18. The maximum absolute atomic E-state index is 11.2. The molecule has 0 radical (unpaired) electrons. The number of amides is 1. The summed E-state index contributed by atoms with van der Waals surface area (Å²) in [5, 5.41) is 3.68. The lowest BCUT2D eigenvalue weighted by molar-refractivity contribution is 0.0999. The number of halogens is 1. The number of primary amides is 1. The van der Waals surface area contributed by atoms with Gasteiger partial charge in [-0.2, -0.15) is 0 Å². The van der Waals surface area contributed by atoms with E-state index in [1.807, 2.05) is 7.05 Å². The van der Waals surface area contributed by atoms with E-state index in [9.17, 15) is 4.79 Å². The molecule has 0 aliphatic carbocycles. The average Bonchev–Trinajstić information content (AvgIpc) is 2.69. The van der Waals surface area contributed by atoms with Gasteiger partial charge in [0, 0.05) is 7.05 Å². The number of aromatic nitrogens is 3. The predicted octanol–water partition coefficient (Wildman–Crippen LogP) is 1.49. The molecule has 2 aromatic rings. The Morgan fingerprint density at radius 3 is 2.84 bits per heavy atom. The normalized spacial score (nSPS) is 10.5. The molecule has 2 aromatic heterocycles. The lowest BCUT2D eigenvalue weighted by Crippen LogP contribution is -2.14. The summed E-state index contributed by atoms with van der Waals surface area (Å²) >= 11 is 6.05. The Kier molecular flexibility index (Phi) is 3.71. The third-order valence-electron chi connectivity index (χ3n) is 2.75. The molecule has 3 N–H and O–H groups in total. The van der Waals surface area contributed by atoms with Gasteiger partial charge in [-0.25, -0.2) is 4.98 Å². The monoisotopic (exact) mass is 279 g/mol. The maximum Gasteiger partial charge on any atom is 0.250 e. The van der Waals surface area contributed by atoms with Crippen LogP contribution < -0.4 is 11.1 Å². The van der Waals surface area contributed by atoms with Gasteiger partial charge < -0.3 is 15.6 Å². The number of hydrogen-bond donors (Lipinski definition) is 2. The maximum atomic E-state index is 11.2. The number of carbonyl (C=O) groups is 1. The van der Waals surface area contributed by atoms with Crippen molar-refractivity contribution in [3.05, 3.63) is 40.7 Å². The van der Waals surface area contributed by atoms with Crippen LogP contribution in [-0.4, -0.2) is 20.4 Å². The second-order valence-corrected chi connectivity index (χ2v) is 4.53. The quantitative estimate of drug-likeness (QED) is 0.888. The van der Waals surface area contributed by atoms with Crippen molar-refractivity contribution in [3.63, 3.8) is 0 Å². The van der Waals surface area contributed by atoms with Crippen LogP contribution in [0.2, 0.25) is 5.15 Å². The first-order valence-corrected chi connectivity index (χ1v) is 6.03. The molecule has 6 nitrogen and oxygen atoms in total. The molecule has 1 amide bonds. The summed E-state index contributed by atoms with van der Waals surface area (Å²) in [5.74, 6) is -0.496. The van der Waals surface area contributed by atoms with Gasteiger partial charge in [-0.05, 0) is 13.0 Å². The molecule has 0 bridgehead atoms. The van der Waals surface area contributed by atoms with Crippen molar-refractivity contribution in [2.45, 2.75) is 13.5 Å². The minimum Gasteiger partial charge on any atom is -0.378 e. The molecule has 0 fully saturated rings. The Balaban J connectivity index is 2.14. The lowest BCUT2D eigenvalue weighted by atomic mass is 10.2. The van der Waals surface area contributed by atoms with Crippen molar-refractivity contribution in [2.24, 2.45) is 12.8 Å². The number of pyridine rings is 1. The van der Waals surface area contributed by atoms with E-state index in [0.717, 1.165) is 5.69 Å². The molecule has 19 heavy (non-hydrogen) atoms. The first-order chi connectivity index (χ1) is 8.99. The fourth-order valence-electron chi connectivity index (χ4n) is 1.65. The molecular weight excluding hydrogens is 266 g/mol. The topological polar surface area (TPSA) is 85.8 Å². The van der Waals surface area contributed by atoms with E-state index in [1.54, 1.807) is 30.1 Å². The van der Waals surface area contributed by atoms with Crippen molar-refractivity contribution < 1.29 is 4.79 Å². The van der Waals surface area contributed by atoms with Crippen LogP contribution >= 0.6 is 11.6 Å². The van der Waals surface area contributed by atoms with Crippen LogP contribution in [0.15, 0.2) is 18.6 Å². The number of carbonyl (C=O) groups excluding carboxylic acids is 1. The highest BCUT2D eigenvalue weighted by Gasteiger charge is 2.09. The summed E-state index contributed by atoms with van der Waals surface area (Å²) < 4.78 is 1.72. The number of nitrogens with two attached hydrogens (primary N) is 1. The van der Waals surface area contributed by atoms with E-state index in [-0.39, 0.29) is 0 Å². The van der Waals surface area contributed by atoms with Crippen LogP contribution in [0.25, 0.3) is 0 Å². The van der Waals surface area contributed by atoms with E-state index in [1.165, 1.54) is 0 Å². The number of aryl methyl sites for hydroxylation is 2. The summed E-state index contributed by atoms with van der Waals surface area (Å²) in [6.07, 6.45) is 3.28. The van der Waals surface area contributed by atoms with Crippen LogP contribution in [-0.2, 0) is 13.6 Å². The molecule has 0 spiro atoms. The molecule has 0 aliphatic heterocycles. The highest BCUT2D eigenvalue weighted by atomic mass is 35.5. The van der Waals surface area contributed by atoms with Gasteiger partial charge in [0.05, 0.1) is 41.7 Å². The third-order valence-corrected chi connectivity index (χ3v) is 3.23. The van der Waals surface area contributed by atoms with E-state index in [0.29, 0.717) is 28.6 Å². The van der Waals surface area contributed by atoms with Gasteiger partial charge >= 0.3 is 0 Å². The molecule has 2 heterocycles. The number of nitrogens with one attached hydrogen (secondary N) is 1. The average molecular weight is 280 g/mol. The fraction of sp³-hybridized carbons (Fsp3) is 0.250. The summed E-state index contributed by atoms with van der Waals surface area (Å²) in [4.78, 5) is 19.5. The second kappa shape index (κ2) is 5.27. The van der Waals surface area contributed by atoms with Crippen LogP contribution in [0, 0.1) is 6.92 Å². The van der Waals surface area contributed by atoms with Gasteiger partial charge in [0.25, 0.3) is 5.91 Å². The van der Waals surface area contributed by atoms with Crippen molar-refractivity contribution >= 4 is 23.2 Å². The van der Waals surface area contributed by atoms with Gasteiger partial charge in [-0.15, -0.1) is 0 Å². The predicted molar refractivity (Wildman–Crippen MR) is 73.0 cm³/mol. The lowest BCUT2D eigenvalue weighted by Gasteiger charge is -2.07. The minimum absolute atomic E-state index is 0.400. The number of anilines is 1. The van der Waals surface area contributed by atoms with Gasteiger partial charge in [0.1, 0.15) is 5.15 Å². The Morgan fingerprint density at radius 1 is 1.53 bits per heavy atom. The Labute approximate surface area is 115 Å². The molecule has 0 aromatic carbocycles. The van der Waals surface area contributed by atoms with E-state index < -0.39 is 5.91 Å². The minimum atomic E-state index is -0.496. The SMILES string of the molecule is Cc1ncc(NCc2ncn(C)c2Cl)cc1C(N)=O. The zero-order chi connectivity index (χ0) is 14.0. The van der Waals surface area contributed by atoms with Crippen LogP contribution in [0.4, 0.5) is 5.69 Å². The zero-order valence-electron chi connectivity index (χ0n) is 10.6. The summed E-state index contributed by atoms with van der Waals surface area (Å²) in [5.41, 5.74) is 7.70. The van der Waals surface area contributed by atoms with Gasteiger partial charge in [0.2, 0.25) is 0 Å². The van der Waals surface area contributed by atoms with Gasteiger partial charge in [0.15, 0.2) is 0 Å². The number of hydrogen-bond acceptors (Lipinski definition) is 4. The Hall–Kier alpha value is -2.08.